The largest absolute Gasteiger partial charge is 0.336 e. The topological polar surface area (TPSA) is 50.2 Å². The number of imidazole rings is 1. The second-order valence-electron chi connectivity index (χ2n) is 5.60. The number of carbonyl (C=O) groups excluding carboxylic acids is 1. The van der Waals surface area contributed by atoms with Gasteiger partial charge in [-0.25, -0.2) is 4.98 Å². The summed E-state index contributed by atoms with van der Waals surface area (Å²) in [7, 11) is 0. The van der Waals surface area contributed by atoms with Crippen molar-refractivity contribution in [2.24, 2.45) is 0 Å². The quantitative estimate of drug-likeness (QED) is 0.938. The summed E-state index contributed by atoms with van der Waals surface area (Å²) < 4.78 is 2.06. The average Bonchev–Trinajstić information content (AvgIpc) is 2.86. The van der Waals surface area contributed by atoms with Gasteiger partial charge in [-0.15, -0.1) is 12.4 Å². The Hall–Kier alpha value is -1.59. The summed E-state index contributed by atoms with van der Waals surface area (Å²) in [6, 6.07) is 8.28. The predicted molar refractivity (Wildman–Crippen MR) is 90.4 cm³/mol. The molecule has 2 heterocycles. The molecule has 1 aliphatic heterocycles. The predicted octanol–water partition coefficient (Wildman–Crippen LogP) is 1.84. The number of benzene rings is 1. The molecule has 0 aliphatic carbocycles. The van der Waals surface area contributed by atoms with Crippen molar-refractivity contribution in [3.8, 4) is 0 Å². The maximum Gasteiger partial charge on any atom is 0.242 e. The fourth-order valence-electron chi connectivity index (χ4n) is 3.01. The van der Waals surface area contributed by atoms with Crippen molar-refractivity contribution < 1.29 is 4.79 Å². The second-order valence-corrected chi connectivity index (χ2v) is 5.60. The van der Waals surface area contributed by atoms with Crippen molar-refractivity contribution in [2.45, 2.75) is 32.9 Å². The molecule has 1 amide bonds. The minimum Gasteiger partial charge on any atom is -0.336 e. The first kappa shape index (κ1) is 16.8. The van der Waals surface area contributed by atoms with Crippen LogP contribution in [0.3, 0.4) is 0 Å². The summed E-state index contributed by atoms with van der Waals surface area (Å²) in [5, 5.41) is 3.32. The highest BCUT2D eigenvalue weighted by molar-refractivity contribution is 5.85. The lowest BCUT2D eigenvalue weighted by atomic mass is 10.2. The van der Waals surface area contributed by atoms with Gasteiger partial charge in [0, 0.05) is 32.1 Å². The number of hydrogen-bond acceptors (Lipinski definition) is 3. The number of rotatable bonds is 3. The Labute approximate surface area is 137 Å². The highest BCUT2D eigenvalue weighted by Crippen LogP contribution is 2.17. The van der Waals surface area contributed by atoms with Crippen molar-refractivity contribution >= 4 is 29.3 Å². The molecule has 0 spiro atoms. The number of nitrogens with zero attached hydrogens (tertiary/aromatic N) is 3. The number of amides is 1. The van der Waals surface area contributed by atoms with E-state index >= 15 is 0 Å². The highest BCUT2D eigenvalue weighted by Gasteiger charge is 2.24. The molecule has 1 aromatic carbocycles. The van der Waals surface area contributed by atoms with Crippen molar-refractivity contribution in [1.82, 2.24) is 19.8 Å². The van der Waals surface area contributed by atoms with Gasteiger partial charge in [-0.3, -0.25) is 4.79 Å². The van der Waals surface area contributed by atoms with Crippen LogP contribution in [0.4, 0.5) is 0 Å². The summed E-state index contributed by atoms with van der Waals surface area (Å²) in [6.45, 7) is 7.09. The summed E-state index contributed by atoms with van der Waals surface area (Å²) in [5.41, 5.74) is 2.01. The Morgan fingerprint density at radius 3 is 2.91 bits per heavy atom. The number of carbonyl (C=O) groups is 1. The molecule has 3 rings (SSSR count). The van der Waals surface area contributed by atoms with Crippen LogP contribution in [0.25, 0.3) is 11.0 Å². The number of fused-ring (bicyclic) bond motifs is 1. The van der Waals surface area contributed by atoms with Crippen LogP contribution in [0.5, 0.6) is 0 Å². The normalized spacial score (nSPS) is 18.3. The zero-order valence-electron chi connectivity index (χ0n) is 13.1. The molecule has 2 aromatic rings. The van der Waals surface area contributed by atoms with Gasteiger partial charge in [0.2, 0.25) is 5.91 Å². The van der Waals surface area contributed by atoms with Crippen molar-refractivity contribution in [3.05, 3.63) is 30.1 Å². The Balaban J connectivity index is 0.00000176. The van der Waals surface area contributed by atoms with E-state index in [9.17, 15) is 4.79 Å². The number of para-hydroxylation sites is 2. The summed E-state index contributed by atoms with van der Waals surface area (Å²) in [6.07, 6.45) is 0.832. The van der Waals surface area contributed by atoms with E-state index in [1.807, 2.05) is 29.2 Å². The summed E-state index contributed by atoms with van der Waals surface area (Å²) in [4.78, 5) is 19.2. The molecule has 1 N–H and O–H groups in total. The lowest BCUT2D eigenvalue weighted by Gasteiger charge is -2.34. The standard InChI is InChI=1S/C16H22N4O.ClH/c1-3-15-18-13-6-4-5-7-14(13)20(15)11-16(21)19-9-8-17-10-12(19)2;/h4-7,12,17H,3,8-11H2,1-2H3;1H/t12-;/m0./s1. The Kier molecular flexibility index (Phi) is 5.42. The van der Waals surface area contributed by atoms with E-state index in [4.69, 9.17) is 0 Å². The van der Waals surface area contributed by atoms with E-state index in [-0.39, 0.29) is 24.4 Å². The molecule has 1 fully saturated rings. The lowest BCUT2D eigenvalue weighted by molar-refractivity contribution is -0.134. The molecule has 120 valence electrons. The minimum absolute atomic E-state index is 0. The fourth-order valence-corrected chi connectivity index (χ4v) is 3.01. The zero-order valence-corrected chi connectivity index (χ0v) is 13.9. The van der Waals surface area contributed by atoms with Crippen LogP contribution in [0.1, 0.15) is 19.7 Å². The third-order valence-corrected chi connectivity index (χ3v) is 4.16. The molecule has 1 atom stereocenters. The molecule has 1 aliphatic rings. The molecular weight excluding hydrogens is 300 g/mol. The monoisotopic (exact) mass is 322 g/mol. The van der Waals surface area contributed by atoms with Gasteiger partial charge in [0.15, 0.2) is 0 Å². The minimum atomic E-state index is 0. The van der Waals surface area contributed by atoms with Gasteiger partial charge in [-0.05, 0) is 19.1 Å². The van der Waals surface area contributed by atoms with Crippen molar-refractivity contribution in [3.63, 3.8) is 0 Å². The molecule has 0 bridgehead atoms. The molecule has 1 aromatic heterocycles. The average molecular weight is 323 g/mol. The first-order chi connectivity index (χ1) is 10.2. The number of piperazine rings is 1. The Bertz CT molecular complexity index is 655. The van der Waals surface area contributed by atoms with E-state index in [1.54, 1.807) is 0 Å². The number of halogens is 1. The maximum atomic E-state index is 12.6. The molecule has 5 nitrogen and oxygen atoms in total. The van der Waals surface area contributed by atoms with Crippen LogP contribution in [0.2, 0.25) is 0 Å². The van der Waals surface area contributed by atoms with Crippen LogP contribution in [0, 0.1) is 0 Å². The van der Waals surface area contributed by atoms with Gasteiger partial charge in [-0.2, -0.15) is 0 Å². The van der Waals surface area contributed by atoms with Crippen LogP contribution >= 0.6 is 12.4 Å². The van der Waals surface area contributed by atoms with E-state index < -0.39 is 0 Å². The summed E-state index contributed by atoms with van der Waals surface area (Å²) >= 11 is 0. The fraction of sp³-hybridized carbons (Fsp3) is 0.500. The zero-order chi connectivity index (χ0) is 14.8. The first-order valence-corrected chi connectivity index (χ1v) is 7.65. The van der Waals surface area contributed by atoms with Gasteiger partial charge in [-0.1, -0.05) is 19.1 Å². The third kappa shape index (κ3) is 3.10. The van der Waals surface area contributed by atoms with Crippen molar-refractivity contribution in [1.29, 1.82) is 0 Å². The molecule has 22 heavy (non-hydrogen) atoms. The summed E-state index contributed by atoms with van der Waals surface area (Å²) in [5.74, 6) is 1.16. The first-order valence-electron chi connectivity index (χ1n) is 7.65. The number of aryl methyl sites for hydroxylation is 1. The molecule has 6 heteroatoms. The van der Waals surface area contributed by atoms with E-state index in [0.29, 0.717) is 6.54 Å². The van der Waals surface area contributed by atoms with Crippen LogP contribution in [-0.2, 0) is 17.8 Å². The number of aromatic nitrogens is 2. The molecule has 0 saturated carbocycles. The number of nitrogens with one attached hydrogen (secondary N) is 1. The van der Waals surface area contributed by atoms with Gasteiger partial charge >= 0.3 is 0 Å². The number of hydrogen-bond donors (Lipinski definition) is 1. The van der Waals surface area contributed by atoms with Gasteiger partial charge in [0.05, 0.1) is 11.0 Å². The maximum absolute atomic E-state index is 12.6. The van der Waals surface area contributed by atoms with Crippen LogP contribution in [0.15, 0.2) is 24.3 Å². The van der Waals surface area contributed by atoms with Crippen LogP contribution < -0.4 is 5.32 Å². The van der Waals surface area contributed by atoms with E-state index in [1.165, 1.54) is 0 Å². The molecule has 0 radical (unpaired) electrons. The SMILES string of the molecule is CCc1nc2ccccc2n1CC(=O)N1CCNC[C@@H]1C.Cl. The van der Waals surface area contributed by atoms with Gasteiger partial charge in [0.1, 0.15) is 12.4 Å². The lowest BCUT2D eigenvalue weighted by Crippen LogP contribution is -2.53. The van der Waals surface area contributed by atoms with Crippen molar-refractivity contribution in [2.75, 3.05) is 19.6 Å². The van der Waals surface area contributed by atoms with Gasteiger partial charge in [0.25, 0.3) is 0 Å². The van der Waals surface area contributed by atoms with E-state index in [2.05, 4.69) is 28.7 Å². The molecule has 0 unspecified atom stereocenters. The molecular formula is C16H23ClN4O. The smallest absolute Gasteiger partial charge is 0.242 e. The highest BCUT2D eigenvalue weighted by atomic mass is 35.5. The molecule has 1 saturated heterocycles. The second kappa shape index (κ2) is 7.11. The van der Waals surface area contributed by atoms with Crippen LogP contribution in [-0.4, -0.2) is 46.0 Å². The Morgan fingerprint density at radius 2 is 2.18 bits per heavy atom. The Morgan fingerprint density at radius 1 is 1.41 bits per heavy atom. The third-order valence-electron chi connectivity index (χ3n) is 4.16. The van der Waals surface area contributed by atoms with E-state index in [0.717, 1.165) is 42.9 Å². The van der Waals surface area contributed by atoms with Gasteiger partial charge < -0.3 is 14.8 Å².